The highest BCUT2D eigenvalue weighted by Gasteiger charge is 2.20. The van der Waals surface area contributed by atoms with Gasteiger partial charge in [-0.3, -0.25) is 4.79 Å². The molecule has 3 N–H and O–H groups in total. The van der Waals surface area contributed by atoms with Gasteiger partial charge in [-0.05, 0) is 25.5 Å². The lowest BCUT2D eigenvalue weighted by Gasteiger charge is -2.23. The molecule has 1 rings (SSSR count). The number of aryl methyl sites for hydroxylation is 1. The third kappa shape index (κ3) is 3.96. The van der Waals surface area contributed by atoms with Gasteiger partial charge in [0, 0.05) is 23.9 Å². The van der Waals surface area contributed by atoms with Gasteiger partial charge in [-0.2, -0.15) is 0 Å². The van der Waals surface area contributed by atoms with Crippen LogP contribution in [0, 0.1) is 5.92 Å². The summed E-state index contributed by atoms with van der Waals surface area (Å²) in [7, 11) is 0. The Balaban J connectivity index is 2.76. The van der Waals surface area contributed by atoms with Gasteiger partial charge in [0.1, 0.15) is 5.84 Å². The smallest absolute Gasteiger partial charge is 0.263 e. The van der Waals surface area contributed by atoms with Crippen LogP contribution in [0.4, 0.5) is 0 Å². The largest absolute Gasteiger partial charge is 0.409 e. The molecule has 0 bridgehead atoms. The molecule has 0 spiro atoms. The number of carbonyl (C=O) groups is 1. The lowest BCUT2D eigenvalue weighted by Crippen LogP contribution is -2.38. The predicted octanol–water partition coefficient (Wildman–Crippen LogP) is 2.16. The highest BCUT2D eigenvalue weighted by molar-refractivity contribution is 7.14. The topological polar surface area (TPSA) is 78.9 Å². The summed E-state index contributed by atoms with van der Waals surface area (Å²) in [4.78, 5) is 16.0. The summed E-state index contributed by atoms with van der Waals surface area (Å²) in [5.74, 6) is -0.0176. The van der Waals surface area contributed by atoms with Gasteiger partial charge in [0.05, 0.1) is 4.88 Å². The Labute approximate surface area is 117 Å². The highest BCUT2D eigenvalue weighted by Crippen LogP contribution is 2.19. The SMILES string of the molecule is CCc1ccc(C(=O)N(CC)CC(C)C(N)=NO)s1. The zero-order valence-electron chi connectivity index (χ0n) is 11.6. The van der Waals surface area contributed by atoms with Crippen molar-refractivity contribution in [1.29, 1.82) is 0 Å². The standard InChI is InChI=1S/C13H21N3O2S/c1-4-10-6-7-11(19-10)13(17)16(5-2)8-9(3)12(14)15-18/h6-7,9,18H,4-5,8H2,1-3H3,(H2,14,15). The van der Waals surface area contributed by atoms with Gasteiger partial charge in [0.25, 0.3) is 5.91 Å². The number of hydrogen-bond acceptors (Lipinski definition) is 4. The second kappa shape index (κ2) is 7.13. The van der Waals surface area contributed by atoms with E-state index in [-0.39, 0.29) is 17.7 Å². The molecule has 0 saturated heterocycles. The number of rotatable bonds is 6. The first kappa shape index (κ1) is 15.5. The van der Waals surface area contributed by atoms with E-state index < -0.39 is 0 Å². The Morgan fingerprint density at radius 2 is 2.21 bits per heavy atom. The molecule has 0 aromatic carbocycles. The average molecular weight is 283 g/mol. The fraction of sp³-hybridized carbons (Fsp3) is 0.538. The minimum Gasteiger partial charge on any atom is -0.409 e. The van der Waals surface area contributed by atoms with Gasteiger partial charge in [0.2, 0.25) is 0 Å². The fourth-order valence-corrected chi connectivity index (χ4v) is 2.63. The first-order chi connectivity index (χ1) is 9.03. The van der Waals surface area contributed by atoms with Gasteiger partial charge in [0.15, 0.2) is 0 Å². The maximum absolute atomic E-state index is 12.3. The van der Waals surface area contributed by atoms with Crippen LogP contribution in [-0.4, -0.2) is 34.9 Å². The molecule has 6 heteroatoms. The molecule has 0 aliphatic carbocycles. The molecule has 1 aromatic heterocycles. The number of nitrogens with two attached hydrogens (primary N) is 1. The molecular formula is C13H21N3O2S. The zero-order valence-corrected chi connectivity index (χ0v) is 12.4. The van der Waals surface area contributed by atoms with Crippen LogP contribution in [0.1, 0.15) is 35.3 Å². The molecule has 0 aliphatic rings. The predicted molar refractivity (Wildman–Crippen MR) is 77.8 cm³/mol. The van der Waals surface area contributed by atoms with Crippen molar-refractivity contribution in [1.82, 2.24) is 4.90 Å². The molecule has 106 valence electrons. The lowest BCUT2D eigenvalue weighted by molar-refractivity contribution is 0.0758. The summed E-state index contributed by atoms with van der Waals surface area (Å²) < 4.78 is 0. The van der Waals surface area contributed by atoms with E-state index in [1.165, 1.54) is 16.2 Å². The number of hydrogen-bond donors (Lipinski definition) is 2. The number of amidine groups is 1. The Morgan fingerprint density at radius 3 is 2.68 bits per heavy atom. The molecule has 1 aromatic rings. The van der Waals surface area contributed by atoms with Gasteiger partial charge in [-0.1, -0.05) is 19.0 Å². The third-order valence-electron chi connectivity index (χ3n) is 3.00. The van der Waals surface area contributed by atoms with Crippen LogP contribution in [0.3, 0.4) is 0 Å². The van der Waals surface area contributed by atoms with Crippen molar-refractivity contribution < 1.29 is 10.0 Å². The minimum atomic E-state index is -0.167. The number of thiophene rings is 1. The van der Waals surface area contributed by atoms with Crippen molar-refractivity contribution in [3.63, 3.8) is 0 Å². The first-order valence-electron chi connectivity index (χ1n) is 6.38. The average Bonchev–Trinajstić information content (AvgIpc) is 2.91. The van der Waals surface area contributed by atoms with E-state index in [1.54, 1.807) is 4.90 Å². The van der Waals surface area contributed by atoms with Crippen LogP contribution in [0.2, 0.25) is 0 Å². The molecule has 1 unspecified atom stereocenters. The number of nitrogens with zero attached hydrogens (tertiary/aromatic N) is 2. The summed E-state index contributed by atoms with van der Waals surface area (Å²) in [5.41, 5.74) is 5.55. The summed E-state index contributed by atoms with van der Waals surface area (Å²) >= 11 is 1.52. The van der Waals surface area contributed by atoms with Crippen LogP contribution < -0.4 is 5.73 Å². The Hall–Kier alpha value is -1.56. The second-order valence-corrected chi connectivity index (χ2v) is 5.56. The first-order valence-corrected chi connectivity index (χ1v) is 7.20. The molecule has 1 heterocycles. The molecule has 19 heavy (non-hydrogen) atoms. The molecule has 0 radical (unpaired) electrons. The van der Waals surface area contributed by atoms with E-state index in [0.717, 1.165) is 11.3 Å². The maximum atomic E-state index is 12.3. The van der Waals surface area contributed by atoms with E-state index in [9.17, 15) is 4.79 Å². The quantitative estimate of drug-likeness (QED) is 0.363. The summed E-state index contributed by atoms with van der Waals surface area (Å²) in [5, 5.41) is 11.6. The maximum Gasteiger partial charge on any atom is 0.263 e. The summed E-state index contributed by atoms with van der Waals surface area (Å²) in [6.07, 6.45) is 0.935. The van der Waals surface area contributed by atoms with E-state index in [0.29, 0.717) is 13.1 Å². The molecule has 1 atom stereocenters. The van der Waals surface area contributed by atoms with Gasteiger partial charge >= 0.3 is 0 Å². The molecule has 5 nitrogen and oxygen atoms in total. The van der Waals surface area contributed by atoms with E-state index in [2.05, 4.69) is 12.1 Å². The monoisotopic (exact) mass is 283 g/mol. The van der Waals surface area contributed by atoms with Crippen LogP contribution in [0.25, 0.3) is 0 Å². The normalized spacial score (nSPS) is 13.3. The van der Waals surface area contributed by atoms with E-state index in [1.807, 2.05) is 26.0 Å². The molecule has 1 amide bonds. The van der Waals surface area contributed by atoms with E-state index in [4.69, 9.17) is 10.9 Å². The van der Waals surface area contributed by atoms with Crippen molar-refractivity contribution in [3.05, 3.63) is 21.9 Å². The second-order valence-electron chi connectivity index (χ2n) is 4.39. The minimum absolute atomic E-state index is 0.00443. The van der Waals surface area contributed by atoms with Crippen LogP contribution >= 0.6 is 11.3 Å². The van der Waals surface area contributed by atoms with E-state index >= 15 is 0 Å². The third-order valence-corrected chi connectivity index (χ3v) is 4.22. The van der Waals surface area contributed by atoms with Crippen LogP contribution in [0.5, 0.6) is 0 Å². The number of oxime groups is 1. The Kier molecular flexibility index (Phi) is 5.82. The number of carbonyl (C=O) groups excluding carboxylic acids is 1. The summed E-state index contributed by atoms with van der Waals surface area (Å²) in [6.45, 7) is 6.87. The van der Waals surface area contributed by atoms with Crippen molar-refractivity contribution in [3.8, 4) is 0 Å². The highest BCUT2D eigenvalue weighted by atomic mass is 32.1. The van der Waals surface area contributed by atoms with Crippen molar-refractivity contribution in [2.75, 3.05) is 13.1 Å². The Morgan fingerprint density at radius 1 is 1.53 bits per heavy atom. The van der Waals surface area contributed by atoms with Gasteiger partial charge < -0.3 is 15.8 Å². The Bertz CT molecular complexity index is 456. The van der Waals surface area contributed by atoms with Crippen molar-refractivity contribution in [2.45, 2.75) is 27.2 Å². The van der Waals surface area contributed by atoms with Gasteiger partial charge in [-0.25, -0.2) is 0 Å². The summed E-state index contributed by atoms with van der Waals surface area (Å²) in [6, 6.07) is 3.85. The van der Waals surface area contributed by atoms with Crippen molar-refractivity contribution in [2.24, 2.45) is 16.8 Å². The fourth-order valence-electron chi connectivity index (χ4n) is 1.72. The molecule has 0 aliphatic heterocycles. The lowest BCUT2D eigenvalue weighted by atomic mass is 10.1. The zero-order chi connectivity index (χ0) is 14.4. The van der Waals surface area contributed by atoms with Crippen molar-refractivity contribution >= 4 is 23.1 Å². The molecular weight excluding hydrogens is 262 g/mol. The molecule has 0 fully saturated rings. The van der Waals surface area contributed by atoms with Crippen LogP contribution in [-0.2, 0) is 6.42 Å². The van der Waals surface area contributed by atoms with Gasteiger partial charge in [-0.15, -0.1) is 11.3 Å². The number of amides is 1. The molecule has 0 saturated carbocycles. The van der Waals surface area contributed by atoms with Crippen LogP contribution in [0.15, 0.2) is 17.3 Å².